The van der Waals surface area contributed by atoms with Crippen molar-refractivity contribution in [2.24, 2.45) is 5.11 Å². The smallest absolute Gasteiger partial charge is 0.274 e. The normalized spacial score (nSPS) is 10.8. The zero-order valence-electron chi connectivity index (χ0n) is 10.7. The Morgan fingerprint density at radius 2 is 1.81 bits per heavy atom. The van der Waals surface area contributed by atoms with Gasteiger partial charge < -0.3 is 10.5 Å². The molecule has 0 saturated carbocycles. The average molecular weight is 301 g/mol. The molecule has 0 fully saturated rings. The number of carbonyl (C=O) groups excluding carboxylic acids is 1. The predicted molar refractivity (Wildman–Crippen MR) is 77.2 cm³/mol. The summed E-state index contributed by atoms with van der Waals surface area (Å²) in [5.74, 6) is -0.292. The van der Waals surface area contributed by atoms with Crippen LogP contribution in [-0.4, -0.2) is 10.8 Å². The second kappa shape index (κ2) is 6.50. The van der Waals surface area contributed by atoms with E-state index in [-0.39, 0.29) is 16.5 Å². The first kappa shape index (κ1) is 14.5. The van der Waals surface area contributed by atoms with E-state index in [1.807, 2.05) is 0 Å². The predicted octanol–water partition coefficient (Wildman–Crippen LogP) is 3.67. The SMILES string of the molecule is N#CN=[N+]([O-])c1ccc(NC(=O)c2ccc(Cl)cc2)cc1. The minimum atomic E-state index is -0.292. The molecular formula is C14H9ClN4O2. The van der Waals surface area contributed by atoms with Crippen LogP contribution in [0.3, 0.4) is 0 Å². The lowest BCUT2D eigenvalue weighted by molar-refractivity contribution is -0.435. The summed E-state index contributed by atoms with van der Waals surface area (Å²) in [7, 11) is 0. The van der Waals surface area contributed by atoms with E-state index < -0.39 is 0 Å². The van der Waals surface area contributed by atoms with Crippen molar-refractivity contribution in [1.82, 2.24) is 0 Å². The van der Waals surface area contributed by atoms with Crippen LogP contribution in [0, 0.1) is 16.7 Å². The number of halogens is 1. The molecule has 0 aliphatic rings. The fraction of sp³-hybridized carbons (Fsp3) is 0. The van der Waals surface area contributed by atoms with E-state index in [0.717, 1.165) is 0 Å². The van der Waals surface area contributed by atoms with E-state index in [0.29, 0.717) is 16.3 Å². The molecule has 104 valence electrons. The summed E-state index contributed by atoms with van der Waals surface area (Å²) in [6, 6.07) is 12.4. The largest absolute Gasteiger partial charge is 0.593 e. The van der Waals surface area contributed by atoms with Gasteiger partial charge in [-0.25, -0.2) is 0 Å². The van der Waals surface area contributed by atoms with Gasteiger partial charge in [0, 0.05) is 28.4 Å². The number of carbonyl (C=O) groups is 1. The molecule has 2 aromatic rings. The van der Waals surface area contributed by atoms with E-state index in [2.05, 4.69) is 10.4 Å². The molecule has 21 heavy (non-hydrogen) atoms. The number of nitrogens with zero attached hydrogens (tertiary/aromatic N) is 3. The molecule has 1 N–H and O–H groups in total. The summed E-state index contributed by atoms with van der Waals surface area (Å²) < 4.78 is 0. The molecule has 0 atom stereocenters. The molecule has 6 nitrogen and oxygen atoms in total. The van der Waals surface area contributed by atoms with Gasteiger partial charge in [-0.2, -0.15) is 5.26 Å². The van der Waals surface area contributed by atoms with E-state index in [1.165, 1.54) is 18.3 Å². The number of rotatable bonds is 3. The van der Waals surface area contributed by atoms with E-state index >= 15 is 0 Å². The molecule has 0 aliphatic carbocycles. The maximum atomic E-state index is 12.0. The highest BCUT2D eigenvalue weighted by molar-refractivity contribution is 6.30. The van der Waals surface area contributed by atoms with Crippen molar-refractivity contribution in [3.63, 3.8) is 0 Å². The van der Waals surface area contributed by atoms with Gasteiger partial charge >= 0.3 is 0 Å². The van der Waals surface area contributed by atoms with Crippen LogP contribution >= 0.6 is 11.6 Å². The Hall–Kier alpha value is -2.91. The number of nitrogens with one attached hydrogen (secondary N) is 1. The van der Waals surface area contributed by atoms with Gasteiger partial charge in [0.05, 0.1) is 5.11 Å². The Kier molecular flexibility index (Phi) is 4.49. The minimum Gasteiger partial charge on any atom is -0.593 e. The van der Waals surface area contributed by atoms with Crippen molar-refractivity contribution >= 4 is 28.9 Å². The van der Waals surface area contributed by atoms with Gasteiger partial charge in [-0.05, 0) is 41.3 Å². The molecule has 0 aromatic heterocycles. The summed E-state index contributed by atoms with van der Waals surface area (Å²) in [5.41, 5.74) is 1.18. The third-order valence-corrected chi connectivity index (χ3v) is 2.84. The highest BCUT2D eigenvalue weighted by Crippen LogP contribution is 2.17. The Morgan fingerprint density at radius 1 is 1.19 bits per heavy atom. The van der Waals surface area contributed by atoms with E-state index in [9.17, 15) is 10.0 Å². The number of hydrogen-bond acceptors (Lipinski definition) is 4. The number of hydrogen-bond donors (Lipinski definition) is 1. The highest BCUT2D eigenvalue weighted by Gasteiger charge is 2.07. The topological polar surface area (TPSA) is 91.3 Å². The molecule has 2 rings (SSSR count). The number of amides is 1. The van der Waals surface area contributed by atoms with Gasteiger partial charge in [0.25, 0.3) is 12.1 Å². The molecule has 0 spiro atoms. The summed E-state index contributed by atoms with van der Waals surface area (Å²) in [6.07, 6.45) is 1.40. The summed E-state index contributed by atoms with van der Waals surface area (Å²) in [5, 5.41) is 25.8. The van der Waals surface area contributed by atoms with Crippen molar-refractivity contribution in [1.29, 1.82) is 5.26 Å². The second-order valence-electron chi connectivity index (χ2n) is 3.98. The first-order valence-corrected chi connectivity index (χ1v) is 6.22. The number of nitriles is 1. The van der Waals surface area contributed by atoms with Gasteiger partial charge in [0.1, 0.15) is 0 Å². The first-order valence-electron chi connectivity index (χ1n) is 5.84. The second-order valence-corrected chi connectivity index (χ2v) is 4.42. The summed E-state index contributed by atoms with van der Waals surface area (Å²) in [4.78, 5) is 12.2. The Bertz CT molecular complexity index is 718. The summed E-state index contributed by atoms with van der Waals surface area (Å²) in [6.45, 7) is 0. The van der Waals surface area contributed by atoms with Crippen LogP contribution < -0.4 is 5.32 Å². The number of anilines is 1. The Balaban J connectivity index is 2.10. The van der Waals surface area contributed by atoms with Crippen molar-refractivity contribution < 1.29 is 9.66 Å². The van der Waals surface area contributed by atoms with Crippen LogP contribution in [0.25, 0.3) is 0 Å². The molecule has 0 aliphatic heterocycles. The lowest BCUT2D eigenvalue weighted by Gasteiger charge is -2.05. The van der Waals surface area contributed by atoms with Crippen molar-refractivity contribution in [2.75, 3.05) is 5.32 Å². The standard InChI is InChI=1S/C14H9ClN4O2/c15-11-3-1-10(2-4-11)14(20)18-12-5-7-13(8-6-12)19(21)17-9-16/h1-8H,(H,18,20). The molecule has 2 aromatic carbocycles. The average Bonchev–Trinajstić information content (AvgIpc) is 2.49. The quantitative estimate of drug-likeness (QED) is 0.406. The number of benzene rings is 2. The van der Waals surface area contributed by atoms with E-state index in [4.69, 9.17) is 16.9 Å². The molecule has 1 amide bonds. The molecule has 7 heteroatoms. The van der Waals surface area contributed by atoms with Crippen LogP contribution in [-0.2, 0) is 0 Å². The van der Waals surface area contributed by atoms with Gasteiger partial charge in [-0.1, -0.05) is 11.6 Å². The summed E-state index contributed by atoms with van der Waals surface area (Å²) >= 11 is 5.75. The van der Waals surface area contributed by atoms with Crippen LogP contribution in [0.1, 0.15) is 10.4 Å². The van der Waals surface area contributed by atoms with Gasteiger partial charge in [-0.15, -0.1) is 0 Å². The molecule has 0 heterocycles. The fourth-order valence-electron chi connectivity index (χ4n) is 1.58. The van der Waals surface area contributed by atoms with Gasteiger partial charge in [-0.3, -0.25) is 4.79 Å². The Morgan fingerprint density at radius 3 is 2.38 bits per heavy atom. The molecule has 0 unspecified atom stereocenters. The minimum absolute atomic E-state index is 0.195. The Labute approximate surface area is 125 Å². The van der Waals surface area contributed by atoms with Crippen LogP contribution in [0.15, 0.2) is 53.6 Å². The molecule has 0 saturated heterocycles. The van der Waals surface area contributed by atoms with Crippen LogP contribution in [0.4, 0.5) is 11.4 Å². The van der Waals surface area contributed by atoms with Crippen LogP contribution in [0.2, 0.25) is 5.02 Å². The third kappa shape index (κ3) is 3.78. The van der Waals surface area contributed by atoms with Crippen molar-refractivity contribution in [3.8, 4) is 6.19 Å². The third-order valence-electron chi connectivity index (χ3n) is 2.59. The van der Waals surface area contributed by atoms with Gasteiger partial charge in [0.15, 0.2) is 0 Å². The molecule has 0 radical (unpaired) electrons. The van der Waals surface area contributed by atoms with Gasteiger partial charge in [0.2, 0.25) is 5.69 Å². The highest BCUT2D eigenvalue weighted by atomic mass is 35.5. The zero-order valence-corrected chi connectivity index (χ0v) is 11.4. The lowest BCUT2D eigenvalue weighted by Crippen LogP contribution is -2.11. The maximum absolute atomic E-state index is 12.0. The lowest BCUT2D eigenvalue weighted by atomic mass is 10.2. The van der Waals surface area contributed by atoms with Crippen LogP contribution in [0.5, 0.6) is 0 Å². The maximum Gasteiger partial charge on any atom is 0.274 e. The van der Waals surface area contributed by atoms with Crippen molar-refractivity contribution in [3.05, 3.63) is 64.3 Å². The zero-order chi connectivity index (χ0) is 15.2. The first-order chi connectivity index (χ1) is 10.1. The van der Waals surface area contributed by atoms with Crippen molar-refractivity contribution in [2.45, 2.75) is 0 Å². The fourth-order valence-corrected chi connectivity index (χ4v) is 1.70. The monoisotopic (exact) mass is 300 g/mol. The molecule has 0 bridgehead atoms. The number of azo groups is 1. The van der Waals surface area contributed by atoms with E-state index in [1.54, 1.807) is 36.4 Å². The molecular weight excluding hydrogens is 292 g/mol.